The Morgan fingerprint density at radius 1 is 1.33 bits per heavy atom. The summed E-state index contributed by atoms with van der Waals surface area (Å²) in [5.74, 6) is 3.46. The van der Waals surface area contributed by atoms with E-state index in [9.17, 15) is 0 Å². The maximum atomic E-state index is 5.43. The van der Waals surface area contributed by atoms with Crippen molar-refractivity contribution in [2.24, 2.45) is 10.9 Å². The fourth-order valence-electron chi connectivity index (χ4n) is 3.31. The predicted octanol–water partition coefficient (Wildman–Crippen LogP) is 3.46. The van der Waals surface area contributed by atoms with Crippen molar-refractivity contribution in [1.29, 1.82) is 0 Å². The molecule has 6 heteroatoms. The number of piperidine rings is 1. The normalized spacial score (nSPS) is 17.6. The van der Waals surface area contributed by atoms with Gasteiger partial charge in [-0.1, -0.05) is 26.0 Å². The first-order chi connectivity index (χ1) is 13.2. The Kier molecular flexibility index (Phi) is 9.84. The molecule has 0 radical (unpaired) electrons. The first-order valence-electron chi connectivity index (χ1n) is 10.1. The number of nitrogens with zero attached hydrogens (tertiary/aromatic N) is 2. The molecule has 1 aliphatic rings. The van der Waals surface area contributed by atoms with Crippen LogP contribution < -0.4 is 15.4 Å². The summed E-state index contributed by atoms with van der Waals surface area (Å²) in [6.45, 7) is 9.04. The van der Waals surface area contributed by atoms with Gasteiger partial charge in [0, 0.05) is 43.4 Å². The van der Waals surface area contributed by atoms with Crippen molar-refractivity contribution in [1.82, 2.24) is 15.5 Å². The number of benzene rings is 1. The van der Waals surface area contributed by atoms with Gasteiger partial charge in [0.05, 0.1) is 7.11 Å². The highest BCUT2D eigenvalue weighted by Gasteiger charge is 2.19. The number of guanidine groups is 1. The number of nitrogens with one attached hydrogen (secondary N) is 2. The highest BCUT2D eigenvalue weighted by atomic mass is 32.2. The van der Waals surface area contributed by atoms with Crippen molar-refractivity contribution >= 4 is 17.7 Å². The molecule has 1 heterocycles. The molecule has 1 aliphatic heterocycles. The van der Waals surface area contributed by atoms with Gasteiger partial charge in [-0.05, 0) is 43.9 Å². The second kappa shape index (κ2) is 12.1. The fourth-order valence-corrected chi connectivity index (χ4v) is 4.36. The SMILES string of the molecule is CCCN1CCC(NC(=NC)NCC(C)CSc2ccccc2OC)CC1. The molecule has 0 spiro atoms. The monoisotopic (exact) mass is 392 g/mol. The molecule has 5 nitrogen and oxygen atoms in total. The standard InChI is InChI=1S/C21H36N4OS/c1-5-12-25-13-10-18(11-14-25)24-21(22-3)23-15-17(2)16-27-20-9-7-6-8-19(20)26-4/h6-9,17-18H,5,10-16H2,1-4H3,(H2,22,23,24). The van der Waals surface area contributed by atoms with Gasteiger partial charge in [-0.3, -0.25) is 4.99 Å². The molecule has 0 aliphatic carbocycles. The Hall–Kier alpha value is -1.40. The Morgan fingerprint density at radius 2 is 2.07 bits per heavy atom. The molecule has 152 valence electrons. The van der Waals surface area contributed by atoms with E-state index in [-0.39, 0.29) is 0 Å². The van der Waals surface area contributed by atoms with Crippen LogP contribution in [0.15, 0.2) is 34.2 Å². The summed E-state index contributed by atoms with van der Waals surface area (Å²) in [4.78, 5) is 8.17. The average Bonchev–Trinajstić information content (AvgIpc) is 2.71. The van der Waals surface area contributed by atoms with Crippen LogP contribution in [0.5, 0.6) is 5.75 Å². The summed E-state index contributed by atoms with van der Waals surface area (Å²) >= 11 is 1.85. The van der Waals surface area contributed by atoms with Gasteiger partial charge < -0.3 is 20.3 Å². The molecular formula is C21H36N4OS. The van der Waals surface area contributed by atoms with Crippen LogP contribution in [0, 0.1) is 5.92 Å². The van der Waals surface area contributed by atoms with E-state index in [0.717, 1.165) is 24.0 Å². The van der Waals surface area contributed by atoms with Crippen molar-refractivity contribution in [3.63, 3.8) is 0 Å². The minimum atomic E-state index is 0.530. The van der Waals surface area contributed by atoms with Crippen LogP contribution in [-0.4, -0.2) is 63.0 Å². The van der Waals surface area contributed by atoms with Crippen LogP contribution in [0.3, 0.4) is 0 Å². The fraction of sp³-hybridized carbons (Fsp3) is 0.667. The highest BCUT2D eigenvalue weighted by molar-refractivity contribution is 7.99. The van der Waals surface area contributed by atoms with Gasteiger partial charge in [-0.25, -0.2) is 0 Å². The number of para-hydroxylation sites is 1. The molecule has 1 saturated heterocycles. The second-order valence-corrected chi connectivity index (χ2v) is 8.34. The lowest BCUT2D eigenvalue weighted by Gasteiger charge is -2.33. The van der Waals surface area contributed by atoms with E-state index in [4.69, 9.17) is 4.74 Å². The van der Waals surface area contributed by atoms with Gasteiger partial charge in [0.2, 0.25) is 0 Å². The van der Waals surface area contributed by atoms with E-state index in [0.29, 0.717) is 12.0 Å². The summed E-state index contributed by atoms with van der Waals surface area (Å²) < 4.78 is 5.43. The van der Waals surface area contributed by atoms with Gasteiger partial charge in [-0.15, -0.1) is 11.8 Å². The zero-order valence-electron chi connectivity index (χ0n) is 17.3. The third-order valence-corrected chi connectivity index (χ3v) is 6.29. The molecule has 1 atom stereocenters. The van der Waals surface area contributed by atoms with Gasteiger partial charge in [0.1, 0.15) is 5.75 Å². The first kappa shape index (κ1) is 21.9. The summed E-state index contributed by atoms with van der Waals surface area (Å²) in [5.41, 5.74) is 0. The minimum absolute atomic E-state index is 0.530. The molecule has 27 heavy (non-hydrogen) atoms. The summed E-state index contributed by atoms with van der Waals surface area (Å²) in [5, 5.41) is 7.10. The number of hydrogen-bond acceptors (Lipinski definition) is 4. The first-order valence-corrected chi connectivity index (χ1v) is 11.1. The average molecular weight is 393 g/mol. The Labute approximate surface area is 169 Å². The summed E-state index contributed by atoms with van der Waals surface area (Å²) in [6.07, 6.45) is 3.63. The Balaban J connectivity index is 1.69. The number of likely N-dealkylation sites (tertiary alicyclic amines) is 1. The zero-order chi connectivity index (χ0) is 19.5. The molecule has 2 N–H and O–H groups in total. The largest absolute Gasteiger partial charge is 0.496 e. The topological polar surface area (TPSA) is 48.9 Å². The Bertz CT molecular complexity index is 573. The van der Waals surface area contributed by atoms with E-state index < -0.39 is 0 Å². The van der Waals surface area contributed by atoms with E-state index >= 15 is 0 Å². The molecule has 0 saturated carbocycles. The van der Waals surface area contributed by atoms with Gasteiger partial charge in [0.15, 0.2) is 5.96 Å². The maximum absolute atomic E-state index is 5.43. The van der Waals surface area contributed by atoms with Crippen molar-refractivity contribution in [2.75, 3.05) is 46.1 Å². The zero-order valence-corrected chi connectivity index (χ0v) is 18.1. The van der Waals surface area contributed by atoms with Crippen molar-refractivity contribution in [3.8, 4) is 5.75 Å². The number of ether oxygens (including phenoxy) is 1. The van der Waals surface area contributed by atoms with Crippen LogP contribution in [0.4, 0.5) is 0 Å². The number of thioether (sulfide) groups is 1. The Morgan fingerprint density at radius 3 is 2.74 bits per heavy atom. The van der Waals surface area contributed by atoms with Crippen LogP contribution in [0.1, 0.15) is 33.1 Å². The maximum Gasteiger partial charge on any atom is 0.191 e. The van der Waals surface area contributed by atoms with Crippen LogP contribution >= 0.6 is 11.8 Å². The highest BCUT2D eigenvalue weighted by Crippen LogP contribution is 2.29. The summed E-state index contributed by atoms with van der Waals surface area (Å²) in [6, 6.07) is 8.74. The van der Waals surface area contributed by atoms with E-state index in [1.807, 2.05) is 30.9 Å². The quantitative estimate of drug-likeness (QED) is 0.383. The molecule has 0 aromatic heterocycles. The lowest BCUT2D eigenvalue weighted by atomic mass is 10.1. The summed E-state index contributed by atoms with van der Waals surface area (Å²) in [7, 11) is 3.59. The number of aliphatic imine (C=N–C) groups is 1. The van der Waals surface area contributed by atoms with Gasteiger partial charge in [0.25, 0.3) is 0 Å². The molecule has 1 fully saturated rings. The van der Waals surface area contributed by atoms with Crippen LogP contribution in [0.25, 0.3) is 0 Å². The molecule has 1 unspecified atom stereocenters. The van der Waals surface area contributed by atoms with Crippen molar-refractivity contribution in [3.05, 3.63) is 24.3 Å². The van der Waals surface area contributed by atoms with Gasteiger partial charge >= 0.3 is 0 Å². The predicted molar refractivity (Wildman–Crippen MR) is 117 cm³/mol. The third-order valence-electron chi connectivity index (χ3n) is 4.90. The molecule has 1 aromatic rings. The molecular weight excluding hydrogens is 356 g/mol. The van der Waals surface area contributed by atoms with E-state index in [2.05, 4.69) is 46.5 Å². The smallest absolute Gasteiger partial charge is 0.191 e. The molecule has 0 bridgehead atoms. The molecule has 2 rings (SSSR count). The third kappa shape index (κ3) is 7.62. The number of hydrogen-bond donors (Lipinski definition) is 2. The van der Waals surface area contributed by atoms with Gasteiger partial charge in [-0.2, -0.15) is 0 Å². The van der Waals surface area contributed by atoms with E-state index in [1.54, 1.807) is 7.11 Å². The molecule has 0 amide bonds. The minimum Gasteiger partial charge on any atom is -0.496 e. The van der Waals surface area contributed by atoms with Crippen molar-refractivity contribution < 1.29 is 4.74 Å². The lowest BCUT2D eigenvalue weighted by Crippen LogP contribution is -2.49. The van der Waals surface area contributed by atoms with Crippen LogP contribution in [-0.2, 0) is 0 Å². The molecule has 1 aromatic carbocycles. The number of methoxy groups -OCH3 is 1. The van der Waals surface area contributed by atoms with Crippen molar-refractivity contribution in [2.45, 2.75) is 44.0 Å². The van der Waals surface area contributed by atoms with E-state index in [1.165, 1.54) is 43.8 Å². The number of rotatable bonds is 9. The lowest BCUT2D eigenvalue weighted by molar-refractivity contribution is 0.206. The second-order valence-electron chi connectivity index (χ2n) is 7.28. The van der Waals surface area contributed by atoms with Crippen LogP contribution in [0.2, 0.25) is 0 Å².